The first kappa shape index (κ1) is 17.9. The number of likely N-dealkylation sites (tertiary alicyclic amines) is 1. The maximum Gasteiger partial charge on any atom is 0.242 e. The molecule has 1 fully saturated rings. The summed E-state index contributed by atoms with van der Waals surface area (Å²) in [5.74, 6) is 0.0696. The van der Waals surface area contributed by atoms with Crippen LogP contribution in [0.4, 0.5) is 0 Å². The van der Waals surface area contributed by atoms with Gasteiger partial charge >= 0.3 is 0 Å². The number of aryl methyl sites for hydroxylation is 1. The van der Waals surface area contributed by atoms with Crippen LogP contribution in [0.1, 0.15) is 44.0 Å². The number of aromatic nitrogens is 1. The van der Waals surface area contributed by atoms with Gasteiger partial charge in [0.25, 0.3) is 0 Å². The molecule has 1 atom stereocenters. The first-order valence-electron chi connectivity index (χ1n) is 9.10. The molecule has 2 heterocycles. The average Bonchev–Trinajstić information content (AvgIpc) is 3.07. The van der Waals surface area contributed by atoms with Gasteiger partial charge < -0.3 is 10.2 Å². The smallest absolute Gasteiger partial charge is 0.242 e. The van der Waals surface area contributed by atoms with Crippen LogP contribution in [-0.2, 0) is 16.0 Å². The Balaban J connectivity index is 1.47. The highest BCUT2D eigenvalue weighted by atomic mass is 32.1. The molecule has 2 aromatic rings. The first-order valence-corrected chi connectivity index (χ1v) is 9.92. The van der Waals surface area contributed by atoms with Crippen LogP contribution in [0.5, 0.6) is 0 Å². The van der Waals surface area contributed by atoms with E-state index < -0.39 is 0 Å². The Morgan fingerprint density at radius 2 is 2.16 bits per heavy atom. The molecule has 0 radical (unpaired) electrons. The van der Waals surface area contributed by atoms with Gasteiger partial charge in [-0.3, -0.25) is 9.59 Å². The van der Waals surface area contributed by atoms with Gasteiger partial charge in [0.05, 0.1) is 15.2 Å². The number of carbonyl (C=O) groups excluding carboxylic acids is 2. The summed E-state index contributed by atoms with van der Waals surface area (Å²) >= 11 is 1.71. The number of benzene rings is 1. The number of rotatable bonds is 6. The van der Waals surface area contributed by atoms with Crippen LogP contribution in [0.3, 0.4) is 0 Å². The molecule has 1 aromatic carbocycles. The van der Waals surface area contributed by atoms with Crippen molar-refractivity contribution in [3.05, 3.63) is 29.3 Å². The molecule has 0 spiro atoms. The van der Waals surface area contributed by atoms with E-state index in [1.807, 2.05) is 25.1 Å². The van der Waals surface area contributed by atoms with Gasteiger partial charge in [-0.05, 0) is 37.8 Å². The van der Waals surface area contributed by atoms with Gasteiger partial charge in [-0.2, -0.15) is 0 Å². The lowest BCUT2D eigenvalue weighted by molar-refractivity contribution is -0.142. The van der Waals surface area contributed by atoms with E-state index in [-0.39, 0.29) is 17.9 Å². The molecule has 1 unspecified atom stereocenters. The quantitative estimate of drug-likeness (QED) is 0.806. The third-order valence-electron chi connectivity index (χ3n) is 4.63. The predicted octanol–water partition coefficient (Wildman–Crippen LogP) is 3.14. The zero-order chi connectivity index (χ0) is 17.6. The average molecular weight is 359 g/mol. The zero-order valence-electron chi connectivity index (χ0n) is 14.7. The molecule has 3 rings (SSSR count). The van der Waals surface area contributed by atoms with Gasteiger partial charge in [0, 0.05) is 25.9 Å². The van der Waals surface area contributed by atoms with E-state index in [1.54, 1.807) is 16.2 Å². The highest BCUT2D eigenvalue weighted by Crippen LogP contribution is 2.22. The number of nitrogens with zero attached hydrogens (tertiary/aromatic N) is 2. The third-order valence-corrected chi connectivity index (χ3v) is 5.73. The number of para-hydroxylation sites is 1. The Morgan fingerprint density at radius 3 is 2.96 bits per heavy atom. The maximum atomic E-state index is 12.5. The fraction of sp³-hybridized carbons (Fsp3) is 0.526. The molecular formula is C19H25N3O2S. The lowest BCUT2D eigenvalue weighted by Gasteiger charge is -2.34. The molecule has 1 aliphatic rings. The molecule has 5 nitrogen and oxygen atoms in total. The molecule has 0 saturated carbocycles. The molecular weight excluding hydrogens is 334 g/mol. The summed E-state index contributed by atoms with van der Waals surface area (Å²) < 4.78 is 1.21. The zero-order valence-corrected chi connectivity index (χ0v) is 15.5. The van der Waals surface area contributed by atoms with Gasteiger partial charge in [-0.1, -0.05) is 19.1 Å². The number of carbonyl (C=O) groups is 2. The SMILES string of the molecule is CCC(=O)N1CCCCC1C(=O)NCCCc1nc2ccccc2s1. The molecule has 1 aliphatic heterocycles. The minimum absolute atomic E-state index is 0.00852. The van der Waals surface area contributed by atoms with E-state index in [1.165, 1.54) is 4.70 Å². The van der Waals surface area contributed by atoms with Crippen molar-refractivity contribution in [2.75, 3.05) is 13.1 Å². The van der Waals surface area contributed by atoms with E-state index in [4.69, 9.17) is 0 Å². The number of amides is 2. The van der Waals surface area contributed by atoms with Crippen molar-refractivity contribution >= 4 is 33.4 Å². The maximum absolute atomic E-state index is 12.5. The molecule has 1 saturated heterocycles. The van der Waals surface area contributed by atoms with Crippen molar-refractivity contribution in [2.24, 2.45) is 0 Å². The van der Waals surface area contributed by atoms with Gasteiger partial charge in [0.2, 0.25) is 11.8 Å². The van der Waals surface area contributed by atoms with Gasteiger partial charge in [0.1, 0.15) is 6.04 Å². The number of fused-ring (bicyclic) bond motifs is 1. The minimum atomic E-state index is -0.288. The van der Waals surface area contributed by atoms with Crippen molar-refractivity contribution in [2.45, 2.75) is 51.5 Å². The van der Waals surface area contributed by atoms with Gasteiger partial charge in [-0.15, -0.1) is 11.3 Å². The van der Waals surface area contributed by atoms with Crippen molar-refractivity contribution in [3.63, 3.8) is 0 Å². The Morgan fingerprint density at radius 1 is 1.32 bits per heavy atom. The molecule has 0 aliphatic carbocycles. The Bertz CT molecular complexity index is 710. The van der Waals surface area contributed by atoms with Crippen molar-refractivity contribution < 1.29 is 9.59 Å². The second-order valence-corrected chi connectivity index (χ2v) is 7.54. The van der Waals surface area contributed by atoms with E-state index in [2.05, 4.69) is 16.4 Å². The van der Waals surface area contributed by atoms with E-state index in [0.29, 0.717) is 19.5 Å². The van der Waals surface area contributed by atoms with Crippen LogP contribution in [0.15, 0.2) is 24.3 Å². The highest BCUT2D eigenvalue weighted by molar-refractivity contribution is 7.18. The van der Waals surface area contributed by atoms with Gasteiger partial charge in [-0.25, -0.2) is 4.98 Å². The molecule has 25 heavy (non-hydrogen) atoms. The lowest BCUT2D eigenvalue weighted by Crippen LogP contribution is -2.51. The third kappa shape index (κ3) is 4.37. The summed E-state index contributed by atoms with van der Waals surface area (Å²) in [6.07, 6.45) is 4.96. The number of piperidine rings is 1. The summed E-state index contributed by atoms with van der Waals surface area (Å²) in [7, 11) is 0. The van der Waals surface area contributed by atoms with Crippen LogP contribution in [-0.4, -0.2) is 40.8 Å². The molecule has 1 N–H and O–H groups in total. The predicted molar refractivity (Wildman–Crippen MR) is 101 cm³/mol. The van der Waals surface area contributed by atoms with Gasteiger partial charge in [0.15, 0.2) is 0 Å². The number of hydrogen-bond acceptors (Lipinski definition) is 4. The standard InChI is InChI=1S/C19H25N3O2S/c1-2-18(23)22-13-6-5-9-15(22)19(24)20-12-7-11-17-21-14-8-3-4-10-16(14)25-17/h3-4,8,10,15H,2,5-7,9,11-13H2,1H3,(H,20,24). The fourth-order valence-corrected chi connectivity index (χ4v) is 4.31. The van der Waals surface area contributed by atoms with E-state index in [9.17, 15) is 9.59 Å². The summed E-state index contributed by atoms with van der Waals surface area (Å²) in [4.78, 5) is 30.9. The Kier molecular flexibility index (Phi) is 6.02. The molecule has 134 valence electrons. The molecule has 1 aromatic heterocycles. The highest BCUT2D eigenvalue weighted by Gasteiger charge is 2.30. The van der Waals surface area contributed by atoms with Crippen LogP contribution < -0.4 is 5.32 Å². The summed E-state index contributed by atoms with van der Waals surface area (Å²) in [6, 6.07) is 7.85. The normalized spacial score (nSPS) is 17.6. The summed E-state index contributed by atoms with van der Waals surface area (Å²) in [5, 5.41) is 4.12. The fourth-order valence-electron chi connectivity index (χ4n) is 3.30. The summed E-state index contributed by atoms with van der Waals surface area (Å²) in [5.41, 5.74) is 1.04. The summed E-state index contributed by atoms with van der Waals surface area (Å²) in [6.45, 7) is 3.18. The Labute approximate surface area is 152 Å². The van der Waals surface area contributed by atoms with Crippen LogP contribution in [0, 0.1) is 0 Å². The molecule has 6 heteroatoms. The topological polar surface area (TPSA) is 62.3 Å². The van der Waals surface area contributed by atoms with Crippen molar-refractivity contribution in [1.82, 2.24) is 15.2 Å². The molecule has 2 amide bonds. The second kappa shape index (κ2) is 8.43. The van der Waals surface area contributed by atoms with E-state index >= 15 is 0 Å². The van der Waals surface area contributed by atoms with Crippen molar-refractivity contribution in [3.8, 4) is 0 Å². The van der Waals surface area contributed by atoms with Crippen LogP contribution in [0.25, 0.3) is 10.2 Å². The largest absolute Gasteiger partial charge is 0.354 e. The second-order valence-electron chi connectivity index (χ2n) is 6.42. The minimum Gasteiger partial charge on any atom is -0.354 e. The number of hydrogen-bond donors (Lipinski definition) is 1. The van der Waals surface area contributed by atoms with Crippen LogP contribution >= 0.6 is 11.3 Å². The van der Waals surface area contributed by atoms with Crippen molar-refractivity contribution in [1.29, 1.82) is 0 Å². The lowest BCUT2D eigenvalue weighted by atomic mass is 10.0. The Hall–Kier alpha value is -1.95. The van der Waals surface area contributed by atoms with E-state index in [0.717, 1.165) is 42.6 Å². The molecule has 0 bridgehead atoms. The monoisotopic (exact) mass is 359 g/mol. The number of thiazole rings is 1. The number of nitrogens with one attached hydrogen (secondary N) is 1. The van der Waals surface area contributed by atoms with Crippen LogP contribution in [0.2, 0.25) is 0 Å². The first-order chi connectivity index (χ1) is 12.2.